The van der Waals surface area contributed by atoms with Crippen molar-refractivity contribution in [2.45, 2.75) is 13.8 Å². The molecule has 0 unspecified atom stereocenters. The minimum absolute atomic E-state index is 0.0595. The van der Waals surface area contributed by atoms with Gasteiger partial charge in [-0.05, 0) is 37.6 Å². The topological polar surface area (TPSA) is 149 Å². The van der Waals surface area contributed by atoms with Gasteiger partial charge in [0.1, 0.15) is 5.75 Å². The van der Waals surface area contributed by atoms with Crippen LogP contribution in [-0.4, -0.2) is 46.6 Å². The summed E-state index contributed by atoms with van der Waals surface area (Å²) in [5, 5.41) is 20.6. The number of halogens is 1. The van der Waals surface area contributed by atoms with Crippen LogP contribution in [0.2, 0.25) is 5.02 Å². The van der Waals surface area contributed by atoms with Gasteiger partial charge in [-0.2, -0.15) is 4.98 Å². The molecular formula is C21H20ClN5O6. The van der Waals surface area contributed by atoms with Crippen molar-refractivity contribution in [3.63, 3.8) is 0 Å². The summed E-state index contributed by atoms with van der Waals surface area (Å²) in [6.07, 6.45) is 0. The van der Waals surface area contributed by atoms with Gasteiger partial charge in [0.05, 0.1) is 4.92 Å². The van der Waals surface area contributed by atoms with Gasteiger partial charge in [0.25, 0.3) is 11.6 Å². The predicted octanol–water partition coefficient (Wildman–Crippen LogP) is 2.84. The van der Waals surface area contributed by atoms with E-state index in [4.69, 9.17) is 20.9 Å². The van der Waals surface area contributed by atoms with Crippen molar-refractivity contribution >= 4 is 29.1 Å². The normalized spacial score (nSPS) is 10.5. The van der Waals surface area contributed by atoms with Crippen molar-refractivity contribution < 1.29 is 23.8 Å². The van der Waals surface area contributed by atoms with E-state index in [0.717, 1.165) is 5.56 Å². The zero-order valence-electron chi connectivity index (χ0n) is 17.8. The number of aromatic nitrogens is 2. The van der Waals surface area contributed by atoms with Crippen LogP contribution < -0.4 is 15.4 Å². The van der Waals surface area contributed by atoms with Crippen molar-refractivity contribution in [2.24, 2.45) is 0 Å². The fraction of sp³-hybridized carbons (Fsp3) is 0.238. The second-order valence-electron chi connectivity index (χ2n) is 6.94. The molecule has 0 aliphatic heterocycles. The molecule has 3 aromatic rings. The highest BCUT2D eigenvalue weighted by Gasteiger charge is 2.20. The molecule has 1 heterocycles. The fourth-order valence-electron chi connectivity index (χ4n) is 2.85. The zero-order chi connectivity index (χ0) is 24.0. The van der Waals surface area contributed by atoms with Crippen LogP contribution in [0.15, 0.2) is 40.9 Å². The SMILES string of the molecule is Cc1cc(OCC(=O)NCCNC(=O)c2nc(-c3cccc([N+](=O)[O-])c3C)no2)ccc1Cl. The first-order chi connectivity index (χ1) is 15.8. The number of rotatable bonds is 9. The third-order valence-corrected chi connectivity index (χ3v) is 5.02. The van der Waals surface area contributed by atoms with Gasteiger partial charge in [-0.3, -0.25) is 19.7 Å². The highest BCUT2D eigenvalue weighted by atomic mass is 35.5. The Bertz CT molecular complexity index is 1200. The van der Waals surface area contributed by atoms with Crippen LogP contribution in [0.5, 0.6) is 5.75 Å². The maximum absolute atomic E-state index is 12.2. The largest absolute Gasteiger partial charge is 0.484 e. The fourth-order valence-corrected chi connectivity index (χ4v) is 2.97. The van der Waals surface area contributed by atoms with E-state index in [-0.39, 0.29) is 43.0 Å². The van der Waals surface area contributed by atoms with Crippen LogP contribution in [0.25, 0.3) is 11.4 Å². The highest BCUT2D eigenvalue weighted by molar-refractivity contribution is 6.31. The number of hydrogen-bond acceptors (Lipinski definition) is 8. The Hall–Kier alpha value is -3.99. The van der Waals surface area contributed by atoms with Crippen LogP contribution in [0.4, 0.5) is 5.69 Å². The third kappa shape index (κ3) is 6.04. The van der Waals surface area contributed by atoms with E-state index >= 15 is 0 Å². The second kappa shape index (κ2) is 10.6. The number of amides is 2. The van der Waals surface area contributed by atoms with Gasteiger partial charge in [-0.1, -0.05) is 28.9 Å². The lowest BCUT2D eigenvalue weighted by molar-refractivity contribution is -0.385. The number of nitrogens with zero attached hydrogens (tertiary/aromatic N) is 3. The minimum Gasteiger partial charge on any atom is -0.484 e. The molecule has 0 atom stereocenters. The number of ether oxygens (including phenoxy) is 1. The quantitative estimate of drug-likeness (QED) is 0.273. The summed E-state index contributed by atoms with van der Waals surface area (Å²) >= 11 is 5.95. The number of nitro groups is 1. The number of aryl methyl sites for hydroxylation is 1. The third-order valence-electron chi connectivity index (χ3n) is 4.60. The number of benzene rings is 2. The van der Waals surface area contributed by atoms with Gasteiger partial charge in [-0.15, -0.1) is 0 Å². The standard InChI is InChI=1S/C21H20ClN5O6/c1-12-10-14(6-7-16(12)22)32-11-18(28)23-8-9-24-20(29)21-25-19(26-33-21)15-4-3-5-17(13(15)2)27(30)31/h3-7,10H,8-9,11H2,1-2H3,(H,23,28)(H,24,29). The lowest BCUT2D eigenvalue weighted by Gasteiger charge is -2.08. The van der Waals surface area contributed by atoms with E-state index in [0.29, 0.717) is 21.9 Å². The Morgan fingerprint density at radius 3 is 2.67 bits per heavy atom. The molecule has 2 amide bonds. The van der Waals surface area contributed by atoms with E-state index in [2.05, 4.69) is 20.8 Å². The molecule has 11 nitrogen and oxygen atoms in total. The molecule has 2 N–H and O–H groups in total. The summed E-state index contributed by atoms with van der Waals surface area (Å²) in [5.41, 5.74) is 1.49. The van der Waals surface area contributed by atoms with E-state index in [1.54, 1.807) is 31.2 Å². The van der Waals surface area contributed by atoms with Gasteiger partial charge in [0.15, 0.2) is 6.61 Å². The highest BCUT2D eigenvalue weighted by Crippen LogP contribution is 2.27. The molecule has 172 valence electrons. The van der Waals surface area contributed by atoms with Gasteiger partial charge in [0, 0.05) is 35.3 Å². The minimum atomic E-state index is -0.640. The summed E-state index contributed by atoms with van der Waals surface area (Å²) in [5.74, 6) is -0.725. The van der Waals surface area contributed by atoms with Crippen molar-refractivity contribution in [2.75, 3.05) is 19.7 Å². The summed E-state index contributed by atoms with van der Waals surface area (Å²) < 4.78 is 10.4. The van der Waals surface area contributed by atoms with Crippen molar-refractivity contribution in [1.82, 2.24) is 20.8 Å². The lowest BCUT2D eigenvalue weighted by atomic mass is 10.1. The Labute approximate surface area is 193 Å². The van der Waals surface area contributed by atoms with Gasteiger partial charge < -0.3 is 19.9 Å². The summed E-state index contributed by atoms with van der Waals surface area (Å²) in [4.78, 5) is 38.7. The molecule has 0 spiro atoms. The lowest BCUT2D eigenvalue weighted by Crippen LogP contribution is -2.36. The van der Waals surface area contributed by atoms with Crippen molar-refractivity contribution in [3.8, 4) is 17.1 Å². The molecule has 0 bridgehead atoms. The van der Waals surface area contributed by atoms with Crippen LogP contribution >= 0.6 is 11.6 Å². The first-order valence-electron chi connectivity index (χ1n) is 9.78. The van der Waals surface area contributed by atoms with Crippen LogP contribution in [0, 0.1) is 24.0 Å². The molecule has 0 aliphatic rings. The maximum Gasteiger partial charge on any atom is 0.316 e. The van der Waals surface area contributed by atoms with Gasteiger partial charge in [0.2, 0.25) is 5.82 Å². The smallest absolute Gasteiger partial charge is 0.316 e. The molecular weight excluding hydrogens is 454 g/mol. The number of hydrogen-bond donors (Lipinski definition) is 2. The Morgan fingerprint density at radius 1 is 1.18 bits per heavy atom. The molecule has 3 rings (SSSR count). The second-order valence-corrected chi connectivity index (χ2v) is 7.34. The monoisotopic (exact) mass is 473 g/mol. The van der Waals surface area contributed by atoms with Gasteiger partial charge in [-0.25, -0.2) is 0 Å². The van der Waals surface area contributed by atoms with E-state index in [1.165, 1.54) is 12.1 Å². The van der Waals surface area contributed by atoms with Crippen LogP contribution in [0.3, 0.4) is 0 Å². The molecule has 0 aliphatic carbocycles. The number of nitrogens with one attached hydrogen (secondary N) is 2. The number of carbonyl (C=O) groups is 2. The van der Waals surface area contributed by atoms with Gasteiger partial charge >= 0.3 is 11.8 Å². The molecule has 33 heavy (non-hydrogen) atoms. The Kier molecular flexibility index (Phi) is 7.57. The summed E-state index contributed by atoms with van der Waals surface area (Å²) in [6.45, 7) is 3.46. The molecule has 2 aromatic carbocycles. The summed E-state index contributed by atoms with van der Waals surface area (Å²) in [7, 11) is 0. The predicted molar refractivity (Wildman–Crippen MR) is 118 cm³/mol. The molecule has 0 saturated heterocycles. The van der Waals surface area contributed by atoms with Crippen molar-refractivity contribution in [1.29, 1.82) is 0 Å². The first-order valence-corrected chi connectivity index (χ1v) is 10.2. The molecule has 0 fully saturated rings. The van der Waals surface area contributed by atoms with E-state index in [1.807, 2.05) is 6.92 Å². The maximum atomic E-state index is 12.2. The summed E-state index contributed by atoms with van der Waals surface area (Å²) in [6, 6.07) is 9.53. The molecule has 0 radical (unpaired) electrons. The zero-order valence-corrected chi connectivity index (χ0v) is 18.5. The first kappa shape index (κ1) is 23.7. The molecule has 0 saturated carbocycles. The van der Waals surface area contributed by atoms with E-state index in [9.17, 15) is 19.7 Å². The van der Waals surface area contributed by atoms with Crippen LogP contribution in [0.1, 0.15) is 21.8 Å². The Balaban J connectivity index is 1.46. The van der Waals surface area contributed by atoms with Crippen molar-refractivity contribution in [3.05, 3.63) is 68.6 Å². The average Bonchev–Trinajstić information content (AvgIpc) is 3.27. The number of carbonyl (C=O) groups excluding carboxylic acids is 2. The molecule has 12 heteroatoms. The number of nitro benzene ring substituents is 1. The Morgan fingerprint density at radius 2 is 1.94 bits per heavy atom. The van der Waals surface area contributed by atoms with Crippen LogP contribution in [-0.2, 0) is 4.79 Å². The van der Waals surface area contributed by atoms with E-state index < -0.39 is 10.8 Å². The molecule has 1 aromatic heterocycles. The average molecular weight is 474 g/mol.